The molecule has 0 aliphatic carbocycles. The summed E-state index contributed by atoms with van der Waals surface area (Å²) in [5.74, 6) is 0.0274. The van der Waals surface area contributed by atoms with Crippen molar-refractivity contribution in [3.63, 3.8) is 0 Å². The zero-order chi connectivity index (χ0) is 19.8. The van der Waals surface area contributed by atoms with Gasteiger partial charge < -0.3 is 14.6 Å². The van der Waals surface area contributed by atoms with Crippen molar-refractivity contribution < 1.29 is 19.4 Å². The summed E-state index contributed by atoms with van der Waals surface area (Å²) in [6.45, 7) is 3.82. The van der Waals surface area contributed by atoms with Gasteiger partial charge in [-0.05, 0) is 61.7 Å². The number of aliphatic carboxylic acids is 1. The molecule has 0 radical (unpaired) electrons. The number of piperidine rings is 1. The molecular formula is C23H29NO4. The van der Waals surface area contributed by atoms with Crippen LogP contribution in [0, 0.1) is 0 Å². The van der Waals surface area contributed by atoms with E-state index in [1.807, 2.05) is 36.4 Å². The first-order valence-electron chi connectivity index (χ1n) is 9.97. The first-order chi connectivity index (χ1) is 13.7. The van der Waals surface area contributed by atoms with Gasteiger partial charge in [0.25, 0.3) is 0 Å². The molecule has 2 aromatic rings. The van der Waals surface area contributed by atoms with E-state index in [2.05, 4.69) is 4.90 Å². The van der Waals surface area contributed by atoms with Gasteiger partial charge in [-0.25, -0.2) is 0 Å². The van der Waals surface area contributed by atoms with Crippen LogP contribution in [0.1, 0.15) is 36.3 Å². The molecule has 1 aliphatic rings. The summed E-state index contributed by atoms with van der Waals surface area (Å²) in [5.41, 5.74) is 1.68. The average Bonchev–Trinajstić information content (AvgIpc) is 2.73. The normalized spacial score (nSPS) is 15.8. The quantitative estimate of drug-likeness (QED) is 0.710. The predicted octanol–water partition coefficient (Wildman–Crippen LogP) is 3.97. The Hall–Kier alpha value is -2.53. The Morgan fingerprint density at radius 3 is 2.46 bits per heavy atom. The summed E-state index contributed by atoms with van der Waals surface area (Å²) in [6.07, 6.45) is 4.24. The third kappa shape index (κ3) is 5.49. The molecule has 1 N–H and O–H groups in total. The molecule has 1 saturated heterocycles. The van der Waals surface area contributed by atoms with E-state index >= 15 is 0 Å². The first kappa shape index (κ1) is 20.2. The van der Waals surface area contributed by atoms with Crippen LogP contribution in [0.15, 0.2) is 48.5 Å². The Balaban J connectivity index is 1.66. The summed E-state index contributed by atoms with van der Waals surface area (Å²) >= 11 is 0. The van der Waals surface area contributed by atoms with Gasteiger partial charge in [0.15, 0.2) is 0 Å². The molecular weight excluding hydrogens is 354 g/mol. The van der Waals surface area contributed by atoms with Crippen LogP contribution in [0.2, 0.25) is 0 Å². The summed E-state index contributed by atoms with van der Waals surface area (Å²) < 4.78 is 11.2. The number of methoxy groups -OCH3 is 1. The molecule has 0 aromatic heterocycles. The number of ether oxygens (including phenoxy) is 2. The zero-order valence-electron chi connectivity index (χ0n) is 16.5. The molecule has 1 fully saturated rings. The molecule has 0 saturated carbocycles. The van der Waals surface area contributed by atoms with Crippen molar-refractivity contribution in [3.05, 3.63) is 59.7 Å². The van der Waals surface area contributed by atoms with Gasteiger partial charge in [-0.15, -0.1) is 0 Å². The van der Waals surface area contributed by atoms with E-state index in [-0.39, 0.29) is 0 Å². The molecule has 3 rings (SSSR count). The first-order valence-corrected chi connectivity index (χ1v) is 9.97. The van der Waals surface area contributed by atoms with E-state index in [0.29, 0.717) is 18.8 Å². The topological polar surface area (TPSA) is 59.0 Å². The van der Waals surface area contributed by atoms with Crippen molar-refractivity contribution in [1.29, 1.82) is 0 Å². The second kappa shape index (κ2) is 10.1. The number of nitrogens with zero attached hydrogens (tertiary/aromatic N) is 1. The SMILES string of the molecule is COc1ccc(C(Cc2ccccc2OCCN2CCCCC2)C(=O)O)cc1. The number of carboxylic acids is 1. The van der Waals surface area contributed by atoms with Crippen molar-refractivity contribution >= 4 is 5.97 Å². The lowest BCUT2D eigenvalue weighted by Crippen LogP contribution is -2.33. The van der Waals surface area contributed by atoms with E-state index in [1.165, 1.54) is 19.3 Å². The van der Waals surface area contributed by atoms with Crippen LogP contribution in [0.25, 0.3) is 0 Å². The van der Waals surface area contributed by atoms with E-state index in [0.717, 1.165) is 36.5 Å². The second-order valence-corrected chi connectivity index (χ2v) is 7.23. The maximum atomic E-state index is 11.9. The summed E-state index contributed by atoms with van der Waals surface area (Å²) in [7, 11) is 1.60. The highest BCUT2D eigenvalue weighted by molar-refractivity contribution is 5.76. The number of benzene rings is 2. The number of para-hydroxylation sites is 1. The van der Waals surface area contributed by atoms with Gasteiger partial charge in [-0.3, -0.25) is 9.69 Å². The number of likely N-dealkylation sites (tertiary alicyclic amines) is 1. The van der Waals surface area contributed by atoms with Crippen molar-refractivity contribution in [3.8, 4) is 11.5 Å². The minimum Gasteiger partial charge on any atom is -0.497 e. The van der Waals surface area contributed by atoms with Gasteiger partial charge in [0, 0.05) is 6.54 Å². The lowest BCUT2D eigenvalue weighted by molar-refractivity contribution is -0.138. The fraction of sp³-hybridized carbons (Fsp3) is 0.435. The fourth-order valence-corrected chi connectivity index (χ4v) is 3.68. The van der Waals surface area contributed by atoms with Crippen molar-refractivity contribution in [2.45, 2.75) is 31.6 Å². The number of hydrogen-bond donors (Lipinski definition) is 1. The van der Waals surface area contributed by atoms with Crippen LogP contribution >= 0.6 is 0 Å². The van der Waals surface area contributed by atoms with Gasteiger partial charge in [-0.2, -0.15) is 0 Å². The lowest BCUT2D eigenvalue weighted by Gasteiger charge is -2.26. The van der Waals surface area contributed by atoms with Crippen LogP contribution < -0.4 is 9.47 Å². The molecule has 150 valence electrons. The number of hydrogen-bond acceptors (Lipinski definition) is 4. The van der Waals surface area contributed by atoms with Crippen LogP contribution in [0.5, 0.6) is 11.5 Å². The molecule has 1 atom stereocenters. The van der Waals surface area contributed by atoms with E-state index < -0.39 is 11.9 Å². The monoisotopic (exact) mass is 383 g/mol. The zero-order valence-corrected chi connectivity index (χ0v) is 16.5. The van der Waals surface area contributed by atoms with Gasteiger partial charge in [0.2, 0.25) is 0 Å². The van der Waals surface area contributed by atoms with Crippen molar-refractivity contribution in [2.75, 3.05) is 33.4 Å². The Kier molecular flexibility index (Phi) is 7.31. The fourth-order valence-electron chi connectivity index (χ4n) is 3.68. The molecule has 0 amide bonds. The highest BCUT2D eigenvalue weighted by atomic mass is 16.5. The lowest BCUT2D eigenvalue weighted by atomic mass is 9.91. The second-order valence-electron chi connectivity index (χ2n) is 7.23. The van der Waals surface area contributed by atoms with E-state index in [1.54, 1.807) is 19.2 Å². The van der Waals surface area contributed by atoms with Crippen molar-refractivity contribution in [2.24, 2.45) is 0 Å². The Labute approximate surface area is 166 Å². The minimum atomic E-state index is -0.840. The predicted molar refractivity (Wildman–Crippen MR) is 109 cm³/mol. The maximum Gasteiger partial charge on any atom is 0.311 e. The molecule has 0 spiro atoms. The van der Waals surface area contributed by atoms with Crippen LogP contribution in [-0.2, 0) is 11.2 Å². The van der Waals surface area contributed by atoms with Crippen LogP contribution in [-0.4, -0.2) is 49.3 Å². The van der Waals surface area contributed by atoms with E-state index in [4.69, 9.17) is 9.47 Å². The molecule has 0 bridgehead atoms. The summed E-state index contributed by atoms with van der Waals surface area (Å²) in [6, 6.07) is 15.0. The maximum absolute atomic E-state index is 11.9. The summed E-state index contributed by atoms with van der Waals surface area (Å²) in [5, 5.41) is 9.77. The Morgan fingerprint density at radius 2 is 1.79 bits per heavy atom. The molecule has 28 heavy (non-hydrogen) atoms. The molecule has 5 heteroatoms. The molecule has 5 nitrogen and oxygen atoms in total. The Morgan fingerprint density at radius 1 is 1.07 bits per heavy atom. The molecule has 1 aliphatic heterocycles. The van der Waals surface area contributed by atoms with Gasteiger partial charge in [-0.1, -0.05) is 36.8 Å². The van der Waals surface area contributed by atoms with Gasteiger partial charge in [0.1, 0.15) is 18.1 Å². The van der Waals surface area contributed by atoms with Crippen molar-refractivity contribution in [1.82, 2.24) is 4.90 Å². The largest absolute Gasteiger partial charge is 0.497 e. The van der Waals surface area contributed by atoms with Crippen LogP contribution in [0.4, 0.5) is 0 Å². The third-order valence-electron chi connectivity index (χ3n) is 5.33. The highest BCUT2D eigenvalue weighted by Crippen LogP contribution is 2.28. The third-order valence-corrected chi connectivity index (χ3v) is 5.33. The number of carbonyl (C=O) groups is 1. The van der Waals surface area contributed by atoms with E-state index in [9.17, 15) is 9.90 Å². The highest BCUT2D eigenvalue weighted by Gasteiger charge is 2.22. The summed E-state index contributed by atoms with van der Waals surface area (Å²) in [4.78, 5) is 14.3. The molecule has 2 aromatic carbocycles. The smallest absolute Gasteiger partial charge is 0.311 e. The molecule has 1 unspecified atom stereocenters. The average molecular weight is 383 g/mol. The standard InChI is InChI=1S/C23H29NO4/c1-27-20-11-9-18(10-12-20)21(23(25)26)17-19-7-3-4-8-22(19)28-16-15-24-13-5-2-6-14-24/h3-4,7-12,21H,2,5-6,13-17H2,1H3,(H,25,26). The molecule has 1 heterocycles. The number of carboxylic acid groups (broad SMARTS) is 1. The minimum absolute atomic E-state index is 0.390. The number of rotatable bonds is 9. The van der Waals surface area contributed by atoms with Gasteiger partial charge in [0.05, 0.1) is 13.0 Å². The Bertz CT molecular complexity index is 753. The van der Waals surface area contributed by atoms with Gasteiger partial charge >= 0.3 is 5.97 Å². The van der Waals surface area contributed by atoms with Crippen LogP contribution in [0.3, 0.4) is 0 Å².